The molecule has 3 rings (SSSR count). The van der Waals surface area contributed by atoms with Crippen molar-refractivity contribution in [3.63, 3.8) is 0 Å². The molecule has 8 nitrogen and oxygen atoms in total. The summed E-state index contributed by atoms with van der Waals surface area (Å²) in [6.45, 7) is 1.13. The Morgan fingerprint density at radius 2 is 1.47 bits per heavy atom. The summed E-state index contributed by atoms with van der Waals surface area (Å²) in [6, 6.07) is 12.6. The average molecular weight is 408 g/mol. The summed E-state index contributed by atoms with van der Waals surface area (Å²) in [5.41, 5.74) is 1.89. The Hall–Kier alpha value is -3.81. The van der Waals surface area contributed by atoms with E-state index in [-0.39, 0.29) is 48.5 Å². The number of hydrogen-bond acceptors (Lipinski definition) is 6. The Balaban J connectivity index is 1.53. The van der Waals surface area contributed by atoms with Crippen LogP contribution in [0.1, 0.15) is 46.0 Å². The van der Waals surface area contributed by atoms with Gasteiger partial charge in [-0.3, -0.25) is 24.1 Å². The molecule has 1 fully saturated rings. The van der Waals surface area contributed by atoms with Crippen LogP contribution in [-0.4, -0.2) is 41.0 Å². The number of ether oxygens (including phenoxy) is 1. The van der Waals surface area contributed by atoms with Crippen molar-refractivity contribution >= 4 is 35.2 Å². The summed E-state index contributed by atoms with van der Waals surface area (Å²) < 4.78 is 5.07. The highest BCUT2D eigenvalue weighted by atomic mass is 16.5. The number of nitrogens with one attached hydrogen (secondary N) is 1. The highest BCUT2D eigenvalue weighted by Gasteiger charge is 2.28. The second-order valence-electron chi connectivity index (χ2n) is 6.83. The van der Waals surface area contributed by atoms with Crippen molar-refractivity contribution < 1.29 is 28.7 Å². The molecule has 154 valence electrons. The molecule has 1 aliphatic rings. The van der Waals surface area contributed by atoms with Gasteiger partial charge >= 0.3 is 5.97 Å². The van der Waals surface area contributed by atoms with Crippen molar-refractivity contribution in [3.05, 3.63) is 65.2 Å². The molecule has 0 unspecified atom stereocenters. The highest BCUT2D eigenvalue weighted by Crippen LogP contribution is 2.17. The van der Waals surface area contributed by atoms with Crippen LogP contribution in [0.3, 0.4) is 0 Å². The average Bonchev–Trinajstić information content (AvgIpc) is 3.04. The normalized spacial score (nSPS) is 13.3. The van der Waals surface area contributed by atoms with Gasteiger partial charge in [-0.15, -0.1) is 0 Å². The van der Waals surface area contributed by atoms with E-state index in [1.165, 1.54) is 36.1 Å². The SMILES string of the molecule is CC(=O)Nc1ccc(C(=O)COC(=O)c2ccc(CN3C(=O)CCC3=O)cc2)cc1. The molecule has 0 saturated carbocycles. The van der Waals surface area contributed by atoms with Crippen molar-refractivity contribution in [2.45, 2.75) is 26.3 Å². The number of rotatable bonds is 7. The number of benzene rings is 2. The number of likely N-dealkylation sites (tertiary alicyclic amines) is 1. The molecule has 1 aliphatic heterocycles. The number of esters is 1. The van der Waals surface area contributed by atoms with Crippen LogP contribution in [0.25, 0.3) is 0 Å². The van der Waals surface area contributed by atoms with Crippen molar-refractivity contribution in [2.75, 3.05) is 11.9 Å². The number of anilines is 1. The highest BCUT2D eigenvalue weighted by molar-refractivity contribution is 6.02. The molecule has 1 saturated heterocycles. The minimum atomic E-state index is -0.655. The van der Waals surface area contributed by atoms with Crippen molar-refractivity contribution in [1.82, 2.24) is 4.90 Å². The molecule has 0 aromatic heterocycles. The van der Waals surface area contributed by atoms with Gasteiger partial charge in [-0.2, -0.15) is 0 Å². The van der Waals surface area contributed by atoms with Gasteiger partial charge in [-0.05, 0) is 42.0 Å². The monoisotopic (exact) mass is 408 g/mol. The zero-order valence-electron chi connectivity index (χ0n) is 16.3. The fourth-order valence-corrected chi connectivity index (χ4v) is 2.97. The predicted octanol–water partition coefficient (Wildman–Crippen LogP) is 2.33. The fraction of sp³-hybridized carbons (Fsp3) is 0.227. The van der Waals surface area contributed by atoms with Crippen LogP contribution in [0.5, 0.6) is 0 Å². The number of Topliss-reactive ketones (excluding diaryl/α,β-unsaturated/α-hetero) is 1. The summed E-state index contributed by atoms with van der Waals surface area (Å²) in [7, 11) is 0. The van der Waals surface area contributed by atoms with E-state index in [1.807, 2.05) is 0 Å². The lowest BCUT2D eigenvalue weighted by Gasteiger charge is -2.13. The van der Waals surface area contributed by atoms with Gasteiger partial charge in [0.25, 0.3) is 0 Å². The molecule has 0 spiro atoms. The molecule has 3 amide bonds. The minimum Gasteiger partial charge on any atom is -0.454 e. The zero-order valence-corrected chi connectivity index (χ0v) is 16.3. The van der Waals surface area contributed by atoms with Crippen LogP contribution in [-0.2, 0) is 25.7 Å². The van der Waals surface area contributed by atoms with Crippen LogP contribution in [0.4, 0.5) is 5.69 Å². The summed E-state index contributed by atoms with van der Waals surface area (Å²) in [5, 5.41) is 2.60. The number of amides is 3. The lowest BCUT2D eigenvalue weighted by molar-refractivity contribution is -0.139. The third-order valence-corrected chi connectivity index (χ3v) is 4.55. The Bertz CT molecular complexity index is 979. The molecule has 1 N–H and O–H groups in total. The summed E-state index contributed by atoms with van der Waals surface area (Å²) in [5.74, 6) is -1.65. The second-order valence-corrected chi connectivity index (χ2v) is 6.83. The van der Waals surface area contributed by atoms with Crippen molar-refractivity contribution in [2.24, 2.45) is 0 Å². The summed E-state index contributed by atoms with van der Waals surface area (Å²) in [4.78, 5) is 59.9. The van der Waals surface area contributed by atoms with E-state index < -0.39 is 12.6 Å². The van der Waals surface area contributed by atoms with E-state index in [4.69, 9.17) is 4.74 Å². The van der Waals surface area contributed by atoms with Gasteiger partial charge in [-0.1, -0.05) is 12.1 Å². The molecule has 0 bridgehead atoms. The molecular weight excluding hydrogens is 388 g/mol. The van der Waals surface area contributed by atoms with E-state index in [2.05, 4.69) is 5.32 Å². The van der Waals surface area contributed by atoms with Crippen LogP contribution in [0, 0.1) is 0 Å². The maximum Gasteiger partial charge on any atom is 0.338 e. The summed E-state index contributed by atoms with van der Waals surface area (Å²) in [6.07, 6.45) is 0.459. The van der Waals surface area contributed by atoms with Gasteiger partial charge in [0.15, 0.2) is 12.4 Å². The van der Waals surface area contributed by atoms with Gasteiger partial charge < -0.3 is 10.1 Å². The van der Waals surface area contributed by atoms with Gasteiger partial charge in [-0.25, -0.2) is 4.79 Å². The number of hydrogen-bond donors (Lipinski definition) is 1. The number of carbonyl (C=O) groups is 5. The molecular formula is C22H20N2O6. The third kappa shape index (κ3) is 5.16. The van der Waals surface area contributed by atoms with Gasteiger partial charge in [0.1, 0.15) is 0 Å². The first-order valence-electron chi connectivity index (χ1n) is 9.33. The van der Waals surface area contributed by atoms with E-state index in [9.17, 15) is 24.0 Å². The van der Waals surface area contributed by atoms with E-state index in [0.717, 1.165) is 0 Å². The largest absolute Gasteiger partial charge is 0.454 e. The zero-order chi connectivity index (χ0) is 21.7. The van der Waals surface area contributed by atoms with E-state index >= 15 is 0 Å². The molecule has 8 heteroatoms. The predicted molar refractivity (Wildman–Crippen MR) is 107 cm³/mol. The molecule has 2 aromatic carbocycles. The van der Waals surface area contributed by atoms with Crippen molar-refractivity contribution in [1.29, 1.82) is 0 Å². The van der Waals surface area contributed by atoms with Gasteiger partial charge in [0.05, 0.1) is 12.1 Å². The maximum atomic E-state index is 12.2. The summed E-state index contributed by atoms with van der Waals surface area (Å²) >= 11 is 0. The number of nitrogens with zero attached hydrogens (tertiary/aromatic N) is 1. The van der Waals surface area contributed by atoms with E-state index in [0.29, 0.717) is 16.8 Å². The Morgan fingerprint density at radius 1 is 0.900 bits per heavy atom. The first kappa shape index (κ1) is 20.9. The van der Waals surface area contributed by atoms with E-state index in [1.54, 1.807) is 24.3 Å². The molecule has 0 atom stereocenters. The molecule has 30 heavy (non-hydrogen) atoms. The van der Waals surface area contributed by atoms with Gasteiger partial charge in [0, 0.05) is 31.0 Å². The molecule has 0 radical (unpaired) electrons. The van der Waals surface area contributed by atoms with Crippen LogP contribution < -0.4 is 5.32 Å². The quantitative estimate of drug-likeness (QED) is 0.428. The molecule has 0 aliphatic carbocycles. The van der Waals surface area contributed by atoms with Gasteiger partial charge in [0.2, 0.25) is 17.7 Å². The van der Waals surface area contributed by atoms with Crippen LogP contribution in [0.2, 0.25) is 0 Å². The topological polar surface area (TPSA) is 110 Å². The first-order valence-corrected chi connectivity index (χ1v) is 9.33. The lowest BCUT2D eigenvalue weighted by Crippen LogP contribution is -2.28. The fourth-order valence-electron chi connectivity index (χ4n) is 2.97. The lowest BCUT2D eigenvalue weighted by atomic mass is 10.1. The number of ketones is 1. The smallest absolute Gasteiger partial charge is 0.338 e. The number of carbonyl (C=O) groups excluding carboxylic acids is 5. The van der Waals surface area contributed by atoms with Crippen LogP contribution >= 0.6 is 0 Å². The third-order valence-electron chi connectivity index (χ3n) is 4.55. The first-order chi connectivity index (χ1) is 14.3. The Labute approximate surface area is 172 Å². The molecule has 1 heterocycles. The molecule has 2 aromatic rings. The maximum absolute atomic E-state index is 12.2. The Morgan fingerprint density at radius 3 is 2.03 bits per heavy atom. The second kappa shape index (κ2) is 9.13. The standard InChI is InChI=1S/C22H20N2O6/c1-14(25)23-18-8-6-16(7-9-18)19(26)13-30-22(29)17-4-2-15(3-5-17)12-24-20(27)10-11-21(24)28/h2-9H,10-13H2,1H3,(H,23,25). The van der Waals surface area contributed by atoms with Crippen LogP contribution in [0.15, 0.2) is 48.5 Å². The van der Waals surface area contributed by atoms with Crippen molar-refractivity contribution in [3.8, 4) is 0 Å². The minimum absolute atomic E-state index is 0.167. The number of imide groups is 1. The Kier molecular flexibility index (Phi) is 6.36.